The molecule has 2 aliphatic heterocycles. The van der Waals surface area contributed by atoms with Gasteiger partial charge in [-0.1, -0.05) is 0 Å². The molecule has 0 saturated carbocycles. The van der Waals surface area contributed by atoms with E-state index < -0.39 is 0 Å². The van der Waals surface area contributed by atoms with E-state index in [1.807, 2.05) is 26.0 Å². The van der Waals surface area contributed by atoms with Crippen LogP contribution >= 0.6 is 0 Å². The number of hydrogen-bond acceptors (Lipinski definition) is 4. The minimum Gasteiger partial charge on any atom is -0.358 e. The summed E-state index contributed by atoms with van der Waals surface area (Å²) < 4.78 is 0. The standard InChI is InChI=1S/C20H28N4O3/c1-4-22(5-2)19(26)14-9-10-15-17(12-14)24(13-18(25)21-3)20(27)16-8-6-7-11-23(15)16/h9-10,12,16H,4-8,11,13H2,1-3H3,(H,21,25). The third-order valence-corrected chi connectivity index (χ3v) is 5.51. The summed E-state index contributed by atoms with van der Waals surface area (Å²) in [5, 5.41) is 2.59. The monoisotopic (exact) mass is 372 g/mol. The highest BCUT2D eigenvalue weighted by atomic mass is 16.2. The summed E-state index contributed by atoms with van der Waals surface area (Å²) in [6, 6.07) is 5.30. The first-order valence-electron chi connectivity index (χ1n) is 9.73. The number of nitrogens with zero attached hydrogens (tertiary/aromatic N) is 3. The fourth-order valence-corrected chi connectivity index (χ4v) is 3.97. The summed E-state index contributed by atoms with van der Waals surface area (Å²) in [6.45, 7) is 5.93. The first-order valence-corrected chi connectivity index (χ1v) is 9.73. The lowest BCUT2D eigenvalue weighted by molar-refractivity contribution is -0.124. The van der Waals surface area contributed by atoms with Crippen LogP contribution in [0.4, 0.5) is 11.4 Å². The molecule has 0 bridgehead atoms. The van der Waals surface area contributed by atoms with Gasteiger partial charge in [-0.25, -0.2) is 0 Å². The quantitative estimate of drug-likeness (QED) is 0.852. The van der Waals surface area contributed by atoms with Crippen LogP contribution in [0.15, 0.2) is 18.2 Å². The molecule has 1 atom stereocenters. The smallest absolute Gasteiger partial charge is 0.253 e. The molecule has 1 N–H and O–H groups in total. The van der Waals surface area contributed by atoms with Gasteiger partial charge in [-0.2, -0.15) is 0 Å². The van der Waals surface area contributed by atoms with Crippen LogP contribution in [0.2, 0.25) is 0 Å². The average molecular weight is 372 g/mol. The number of benzene rings is 1. The van der Waals surface area contributed by atoms with Gasteiger partial charge in [0.15, 0.2) is 0 Å². The number of fused-ring (bicyclic) bond motifs is 3. The second-order valence-corrected chi connectivity index (χ2v) is 6.98. The molecular formula is C20H28N4O3. The van der Waals surface area contributed by atoms with Crippen molar-refractivity contribution in [1.29, 1.82) is 0 Å². The van der Waals surface area contributed by atoms with E-state index in [1.54, 1.807) is 22.9 Å². The van der Waals surface area contributed by atoms with Gasteiger partial charge in [0, 0.05) is 32.2 Å². The molecule has 0 radical (unpaired) electrons. The third-order valence-electron chi connectivity index (χ3n) is 5.51. The highest BCUT2D eigenvalue weighted by molar-refractivity contribution is 6.09. The van der Waals surface area contributed by atoms with Crippen LogP contribution in [0, 0.1) is 0 Å². The summed E-state index contributed by atoms with van der Waals surface area (Å²) in [5.41, 5.74) is 2.13. The van der Waals surface area contributed by atoms with E-state index in [-0.39, 0.29) is 30.3 Å². The number of rotatable bonds is 5. The van der Waals surface area contributed by atoms with E-state index >= 15 is 0 Å². The van der Waals surface area contributed by atoms with Gasteiger partial charge >= 0.3 is 0 Å². The minimum absolute atomic E-state index is 0.0322. The number of nitrogens with one attached hydrogen (secondary N) is 1. The Morgan fingerprint density at radius 1 is 1.19 bits per heavy atom. The molecule has 2 aliphatic rings. The van der Waals surface area contributed by atoms with Gasteiger partial charge in [0.05, 0.1) is 11.4 Å². The van der Waals surface area contributed by atoms with E-state index in [9.17, 15) is 14.4 Å². The molecule has 2 heterocycles. The fourth-order valence-electron chi connectivity index (χ4n) is 3.97. The number of likely N-dealkylation sites (N-methyl/N-ethyl adjacent to an activating group) is 1. The third kappa shape index (κ3) is 3.50. The predicted molar refractivity (Wildman–Crippen MR) is 105 cm³/mol. The van der Waals surface area contributed by atoms with Crippen LogP contribution in [0.5, 0.6) is 0 Å². The molecule has 1 unspecified atom stereocenters. The summed E-state index contributed by atoms with van der Waals surface area (Å²) in [6.07, 6.45) is 2.84. The second-order valence-electron chi connectivity index (χ2n) is 6.98. The molecule has 1 saturated heterocycles. The highest BCUT2D eigenvalue weighted by Crippen LogP contribution is 2.40. The van der Waals surface area contributed by atoms with Gasteiger partial charge < -0.3 is 15.1 Å². The lowest BCUT2D eigenvalue weighted by Crippen LogP contribution is -2.57. The topological polar surface area (TPSA) is 73.0 Å². The van der Waals surface area contributed by atoms with Crippen LogP contribution < -0.4 is 15.1 Å². The molecule has 7 nitrogen and oxygen atoms in total. The van der Waals surface area contributed by atoms with Gasteiger partial charge in [-0.05, 0) is 51.3 Å². The van der Waals surface area contributed by atoms with Crippen molar-refractivity contribution in [2.45, 2.75) is 39.2 Å². The molecule has 146 valence electrons. The van der Waals surface area contributed by atoms with Crippen molar-refractivity contribution in [1.82, 2.24) is 10.2 Å². The van der Waals surface area contributed by atoms with Gasteiger partial charge in [-0.15, -0.1) is 0 Å². The molecule has 7 heteroatoms. The molecule has 27 heavy (non-hydrogen) atoms. The maximum Gasteiger partial charge on any atom is 0.253 e. The normalized spacial score (nSPS) is 18.6. The van der Waals surface area contributed by atoms with E-state index in [0.29, 0.717) is 24.3 Å². The van der Waals surface area contributed by atoms with Gasteiger partial charge in [-0.3, -0.25) is 19.3 Å². The SMILES string of the molecule is CCN(CC)C(=O)c1ccc2c(c1)N(CC(=O)NC)C(=O)C1CCCCN21. The van der Waals surface area contributed by atoms with E-state index in [0.717, 1.165) is 31.5 Å². The maximum atomic E-state index is 13.1. The lowest BCUT2D eigenvalue weighted by atomic mass is 9.95. The highest BCUT2D eigenvalue weighted by Gasteiger charge is 2.40. The summed E-state index contributed by atoms with van der Waals surface area (Å²) >= 11 is 0. The molecule has 0 spiro atoms. The molecule has 0 aliphatic carbocycles. The van der Waals surface area contributed by atoms with Crippen molar-refractivity contribution in [2.75, 3.05) is 43.0 Å². The Morgan fingerprint density at radius 3 is 2.59 bits per heavy atom. The number of carbonyl (C=O) groups is 3. The number of hydrogen-bond donors (Lipinski definition) is 1. The van der Waals surface area contributed by atoms with E-state index in [2.05, 4.69) is 10.2 Å². The number of piperidine rings is 1. The molecule has 1 aromatic carbocycles. The van der Waals surface area contributed by atoms with Crippen molar-refractivity contribution in [3.63, 3.8) is 0 Å². The van der Waals surface area contributed by atoms with Crippen molar-refractivity contribution in [3.05, 3.63) is 23.8 Å². The minimum atomic E-state index is -0.223. The maximum absolute atomic E-state index is 13.1. The van der Waals surface area contributed by atoms with Crippen LogP contribution in [0.3, 0.4) is 0 Å². The molecule has 1 fully saturated rings. The summed E-state index contributed by atoms with van der Waals surface area (Å²) in [5.74, 6) is -0.340. The van der Waals surface area contributed by atoms with Gasteiger partial charge in [0.25, 0.3) is 5.91 Å². The molecule has 3 amide bonds. The predicted octanol–water partition coefficient (Wildman–Crippen LogP) is 1.62. The van der Waals surface area contributed by atoms with Crippen LogP contribution in [0.25, 0.3) is 0 Å². The average Bonchev–Trinajstić information content (AvgIpc) is 2.71. The zero-order valence-corrected chi connectivity index (χ0v) is 16.3. The van der Waals surface area contributed by atoms with Gasteiger partial charge in [0.1, 0.15) is 12.6 Å². The van der Waals surface area contributed by atoms with Gasteiger partial charge in [0.2, 0.25) is 11.8 Å². The Balaban J connectivity index is 2.04. The first kappa shape index (κ1) is 19.2. The summed E-state index contributed by atoms with van der Waals surface area (Å²) in [7, 11) is 1.56. The van der Waals surface area contributed by atoms with Crippen LogP contribution in [0.1, 0.15) is 43.5 Å². The van der Waals surface area contributed by atoms with Crippen molar-refractivity contribution < 1.29 is 14.4 Å². The largest absolute Gasteiger partial charge is 0.358 e. The molecule has 0 aromatic heterocycles. The van der Waals surface area contributed by atoms with Crippen LogP contribution in [-0.4, -0.2) is 61.9 Å². The number of amides is 3. The number of anilines is 2. The first-order chi connectivity index (χ1) is 13.0. The van der Waals surface area contributed by atoms with E-state index in [1.165, 1.54) is 0 Å². The molecule has 1 aromatic rings. The van der Waals surface area contributed by atoms with Crippen molar-refractivity contribution >= 4 is 29.1 Å². The zero-order valence-electron chi connectivity index (χ0n) is 16.3. The fraction of sp³-hybridized carbons (Fsp3) is 0.550. The molecule has 3 rings (SSSR count). The Bertz CT molecular complexity index is 745. The van der Waals surface area contributed by atoms with Crippen LogP contribution in [-0.2, 0) is 9.59 Å². The van der Waals surface area contributed by atoms with Crippen molar-refractivity contribution in [2.24, 2.45) is 0 Å². The Labute approximate surface area is 160 Å². The Hall–Kier alpha value is -2.57. The summed E-state index contributed by atoms with van der Waals surface area (Å²) in [4.78, 5) is 43.3. The zero-order chi connectivity index (χ0) is 19.6. The Kier molecular flexibility index (Phi) is 5.68. The number of carbonyl (C=O) groups excluding carboxylic acids is 3. The molecular weight excluding hydrogens is 344 g/mol. The second kappa shape index (κ2) is 7.98. The van der Waals surface area contributed by atoms with Crippen molar-refractivity contribution in [3.8, 4) is 0 Å². The lowest BCUT2D eigenvalue weighted by Gasteiger charge is -2.45. The van der Waals surface area contributed by atoms with E-state index in [4.69, 9.17) is 0 Å². The Morgan fingerprint density at radius 2 is 1.93 bits per heavy atom.